The van der Waals surface area contributed by atoms with E-state index in [4.69, 9.17) is 10.8 Å². The Bertz CT molecular complexity index is 1130. The van der Waals surface area contributed by atoms with Crippen molar-refractivity contribution in [3.63, 3.8) is 0 Å². The van der Waals surface area contributed by atoms with Gasteiger partial charge in [0, 0.05) is 17.7 Å². The van der Waals surface area contributed by atoms with Crippen molar-refractivity contribution in [3.8, 4) is 0 Å². The summed E-state index contributed by atoms with van der Waals surface area (Å²) in [5.41, 5.74) is 6.18. The molecule has 4 rings (SSSR count). The van der Waals surface area contributed by atoms with Crippen molar-refractivity contribution in [2.75, 3.05) is 18.0 Å². The van der Waals surface area contributed by atoms with Crippen LogP contribution in [-0.4, -0.2) is 87.9 Å². The lowest BCUT2D eigenvalue weighted by Crippen LogP contribution is -2.62. The van der Waals surface area contributed by atoms with Crippen LogP contribution in [0.1, 0.15) is 23.2 Å². The van der Waals surface area contributed by atoms with Crippen LogP contribution in [0.4, 0.5) is 10.5 Å². The number of hydrogen-bond donors (Lipinski definition) is 5. The summed E-state index contributed by atoms with van der Waals surface area (Å²) >= 11 is 0. The molecule has 14 nitrogen and oxygen atoms in total. The van der Waals surface area contributed by atoms with Crippen molar-refractivity contribution in [2.24, 2.45) is 15.7 Å². The van der Waals surface area contributed by atoms with Gasteiger partial charge in [0.15, 0.2) is 11.9 Å². The van der Waals surface area contributed by atoms with E-state index in [-0.39, 0.29) is 42.9 Å². The standard InChI is InChI=1S/C20H21N7O7/c21-19-24-15-14(17(31)25-19)27-11(7-22-15)8-26(20(27)34)10-3-1-9(2-4-10)16(30)23-12(18(32)33)5-6-13(28)29/h1-4,11-12,14H,5-8H2,(H,23,30)(H,28,29)(H,32,33)(H3,21,22,24,25,31)/t11?,12-,14?/m0/s1. The summed E-state index contributed by atoms with van der Waals surface area (Å²) in [6.07, 6.45) is -0.671. The largest absolute Gasteiger partial charge is 0.481 e. The minimum absolute atomic E-state index is 0.0797. The van der Waals surface area contributed by atoms with Crippen LogP contribution in [0.3, 0.4) is 0 Å². The molecule has 2 unspecified atom stereocenters. The molecule has 3 heterocycles. The molecule has 3 aliphatic heterocycles. The Morgan fingerprint density at radius 1 is 1.21 bits per heavy atom. The van der Waals surface area contributed by atoms with Gasteiger partial charge in [0.05, 0.1) is 19.1 Å². The van der Waals surface area contributed by atoms with Crippen molar-refractivity contribution < 1.29 is 34.2 Å². The first-order valence-electron chi connectivity index (χ1n) is 10.3. The number of fused-ring (bicyclic) bond motifs is 3. The van der Waals surface area contributed by atoms with E-state index >= 15 is 0 Å². The Morgan fingerprint density at radius 3 is 2.56 bits per heavy atom. The summed E-state index contributed by atoms with van der Waals surface area (Å²) < 4.78 is 0. The van der Waals surface area contributed by atoms with Gasteiger partial charge in [-0.15, -0.1) is 0 Å². The molecule has 3 aliphatic rings. The number of anilines is 1. The third kappa shape index (κ3) is 4.24. The smallest absolute Gasteiger partial charge is 0.326 e. The van der Waals surface area contributed by atoms with Gasteiger partial charge in [-0.1, -0.05) is 0 Å². The molecule has 14 heteroatoms. The Labute approximate surface area is 192 Å². The number of amides is 4. The number of amidine groups is 1. The van der Waals surface area contributed by atoms with E-state index in [9.17, 15) is 29.1 Å². The highest BCUT2D eigenvalue weighted by atomic mass is 16.4. The number of aliphatic imine (C=N–C) groups is 2. The van der Waals surface area contributed by atoms with Crippen LogP contribution in [0.2, 0.25) is 0 Å². The van der Waals surface area contributed by atoms with E-state index < -0.39 is 48.3 Å². The first kappa shape index (κ1) is 22.7. The van der Waals surface area contributed by atoms with Gasteiger partial charge < -0.3 is 21.3 Å². The molecule has 178 valence electrons. The topological polar surface area (TPSA) is 207 Å². The van der Waals surface area contributed by atoms with E-state index in [0.29, 0.717) is 5.69 Å². The number of aliphatic carboxylic acids is 2. The number of nitrogens with one attached hydrogen (secondary N) is 2. The predicted octanol–water partition coefficient (Wildman–Crippen LogP) is -1.43. The van der Waals surface area contributed by atoms with Gasteiger partial charge in [-0.2, -0.15) is 4.99 Å². The SMILES string of the molecule is NC1=NC2=NCC3CN(c4ccc(C(=O)N[C@@H](CCC(=O)O)C(=O)O)cc4)C(=O)N3C2C(=O)N1. The Kier molecular flexibility index (Phi) is 5.88. The predicted molar refractivity (Wildman–Crippen MR) is 116 cm³/mol. The van der Waals surface area contributed by atoms with Gasteiger partial charge in [-0.05, 0) is 30.7 Å². The van der Waals surface area contributed by atoms with Crippen LogP contribution in [0.5, 0.6) is 0 Å². The van der Waals surface area contributed by atoms with E-state index in [1.165, 1.54) is 34.1 Å². The quantitative estimate of drug-likeness (QED) is 0.318. The molecule has 0 saturated carbocycles. The molecule has 0 radical (unpaired) electrons. The number of urea groups is 1. The monoisotopic (exact) mass is 471 g/mol. The maximum Gasteiger partial charge on any atom is 0.326 e. The number of carboxylic acid groups (broad SMARTS) is 2. The Hall–Kier alpha value is -4.49. The normalized spacial score (nSPS) is 22.1. The van der Waals surface area contributed by atoms with Crippen LogP contribution in [0, 0.1) is 0 Å². The minimum atomic E-state index is -1.35. The molecule has 0 spiro atoms. The lowest BCUT2D eigenvalue weighted by atomic mass is 10.1. The van der Waals surface area contributed by atoms with Gasteiger partial charge in [0.1, 0.15) is 6.04 Å². The number of carboxylic acids is 2. The molecule has 1 aromatic carbocycles. The van der Waals surface area contributed by atoms with Crippen LogP contribution < -0.4 is 21.3 Å². The van der Waals surface area contributed by atoms with E-state index in [2.05, 4.69) is 20.6 Å². The number of rotatable bonds is 7. The number of carbonyl (C=O) groups excluding carboxylic acids is 3. The van der Waals surface area contributed by atoms with Crippen molar-refractivity contribution >= 4 is 47.3 Å². The summed E-state index contributed by atoms with van der Waals surface area (Å²) in [6.45, 7) is 0.520. The number of nitrogens with two attached hydrogens (primary N) is 1. The molecular weight excluding hydrogens is 450 g/mol. The zero-order valence-corrected chi connectivity index (χ0v) is 17.7. The van der Waals surface area contributed by atoms with Crippen LogP contribution in [0.15, 0.2) is 34.3 Å². The fourth-order valence-corrected chi connectivity index (χ4v) is 4.01. The molecule has 3 atom stereocenters. The number of nitrogens with zero attached hydrogens (tertiary/aromatic N) is 4. The molecule has 6 N–H and O–H groups in total. The first-order valence-corrected chi connectivity index (χ1v) is 10.3. The Morgan fingerprint density at radius 2 is 1.91 bits per heavy atom. The fourth-order valence-electron chi connectivity index (χ4n) is 4.01. The molecule has 34 heavy (non-hydrogen) atoms. The third-order valence-electron chi connectivity index (χ3n) is 5.65. The highest BCUT2D eigenvalue weighted by Gasteiger charge is 2.50. The lowest BCUT2D eigenvalue weighted by Gasteiger charge is -2.35. The van der Waals surface area contributed by atoms with Gasteiger partial charge in [-0.25, -0.2) is 9.59 Å². The van der Waals surface area contributed by atoms with Crippen molar-refractivity contribution in [2.45, 2.75) is 31.0 Å². The average Bonchev–Trinajstić information content (AvgIpc) is 3.12. The number of benzene rings is 1. The molecule has 1 fully saturated rings. The van der Waals surface area contributed by atoms with Gasteiger partial charge in [0.25, 0.3) is 11.8 Å². The zero-order chi connectivity index (χ0) is 24.6. The Balaban J connectivity index is 1.46. The molecule has 1 saturated heterocycles. The maximum atomic E-state index is 13.1. The second kappa shape index (κ2) is 8.80. The fraction of sp³-hybridized carbons (Fsp3) is 0.350. The van der Waals surface area contributed by atoms with Crippen molar-refractivity contribution in [1.82, 2.24) is 15.5 Å². The zero-order valence-electron chi connectivity index (χ0n) is 17.7. The number of carbonyl (C=O) groups is 5. The van der Waals surface area contributed by atoms with E-state index in [1.807, 2.05) is 0 Å². The van der Waals surface area contributed by atoms with Gasteiger partial charge >= 0.3 is 18.0 Å². The van der Waals surface area contributed by atoms with Crippen molar-refractivity contribution in [1.29, 1.82) is 0 Å². The second-order valence-corrected chi connectivity index (χ2v) is 7.89. The lowest BCUT2D eigenvalue weighted by molar-refractivity contribution is -0.140. The summed E-state index contributed by atoms with van der Waals surface area (Å²) in [5.74, 6) is -3.60. The average molecular weight is 471 g/mol. The summed E-state index contributed by atoms with van der Waals surface area (Å²) in [7, 11) is 0. The van der Waals surface area contributed by atoms with Crippen LogP contribution >= 0.6 is 0 Å². The summed E-state index contributed by atoms with van der Waals surface area (Å²) in [6, 6.07) is 2.78. The minimum Gasteiger partial charge on any atom is -0.481 e. The molecule has 1 aromatic rings. The summed E-state index contributed by atoms with van der Waals surface area (Å²) in [4.78, 5) is 71.2. The molecular formula is C20H21N7O7. The second-order valence-electron chi connectivity index (χ2n) is 7.89. The van der Waals surface area contributed by atoms with Crippen LogP contribution in [0.25, 0.3) is 0 Å². The van der Waals surface area contributed by atoms with Crippen molar-refractivity contribution in [3.05, 3.63) is 29.8 Å². The molecule has 0 aromatic heterocycles. The molecule has 0 aliphatic carbocycles. The third-order valence-corrected chi connectivity index (χ3v) is 5.65. The maximum absolute atomic E-state index is 13.1. The number of guanidine groups is 1. The van der Waals surface area contributed by atoms with Gasteiger partial charge in [-0.3, -0.25) is 34.5 Å². The van der Waals surface area contributed by atoms with Gasteiger partial charge in [0.2, 0.25) is 5.96 Å². The first-order chi connectivity index (χ1) is 16.2. The van der Waals surface area contributed by atoms with E-state index in [0.717, 1.165) is 0 Å². The van der Waals surface area contributed by atoms with Crippen LogP contribution in [-0.2, 0) is 14.4 Å². The number of hydrogen-bond acceptors (Lipinski definition) is 8. The highest BCUT2D eigenvalue weighted by molar-refractivity contribution is 6.21. The molecule has 0 bridgehead atoms. The highest BCUT2D eigenvalue weighted by Crippen LogP contribution is 2.29. The molecule has 4 amide bonds. The summed E-state index contributed by atoms with van der Waals surface area (Å²) in [5, 5.41) is 22.6. The van der Waals surface area contributed by atoms with E-state index in [1.54, 1.807) is 0 Å².